The molecule has 8 heteroatoms. The van der Waals surface area contributed by atoms with Gasteiger partial charge < -0.3 is 15.0 Å². The first-order valence-corrected chi connectivity index (χ1v) is 9.02. The van der Waals surface area contributed by atoms with E-state index in [9.17, 15) is 22.8 Å². The maximum Gasteiger partial charge on any atom is 0.471 e. The molecule has 1 heterocycles. The molecule has 2 amide bonds. The number of carbonyl (C=O) groups is 2. The van der Waals surface area contributed by atoms with Crippen LogP contribution in [-0.4, -0.2) is 41.8 Å². The number of alkyl carbamates (subject to hydrolysis) is 1. The molecular weight excluding hydrogens is 373 g/mol. The molecular formula is C20H25F3N2O3. The van der Waals surface area contributed by atoms with Gasteiger partial charge in [0.15, 0.2) is 0 Å². The van der Waals surface area contributed by atoms with Gasteiger partial charge in [0.1, 0.15) is 5.60 Å². The van der Waals surface area contributed by atoms with Gasteiger partial charge in [0.25, 0.3) is 0 Å². The summed E-state index contributed by atoms with van der Waals surface area (Å²) in [6.45, 7) is 7.15. The van der Waals surface area contributed by atoms with Crippen LogP contribution in [0.2, 0.25) is 0 Å². The number of ether oxygens (including phenoxy) is 1. The molecule has 0 radical (unpaired) electrons. The quantitative estimate of drug-likeness (QED) is 0.818. The molecule has 0 aromatic heterocycles. The SMILES string of the molecule is C[C@H](NC(=O)OC(C)(C)C)c1ccc(C2=CCN(C(=O)C(F)(F)F)CC2)cc1. The third-order valence-electron chi connectivity index (χ3n) is 4.25. The predicted molar refractivity (Wildman–Crippen MR) is 99.5 cm³/mol. The summed E-state index contributed by atoms with van der Waals surface area (Å²) in [5.41, 5.74) is 2.07. The minimum atomic E-state index is -4.84. The number of benzene rings is 1. The van der Waals surface area contributed by atoms with Crippen molar-refractivity contribution in [1.29, 1.82) is 0 Å². The molecule has 1 aromatic carbocycles. The van der Waals surface area contributed by atoms with Crippen molar-refractivity contribution in [3.8, 4) is 0 Å². The van der Waals surface area contributed by atoms with Crippen LogP contribution in [0.25, 0.3) is 5.57 Å². The average molecular weight is 398 g/mol. The van der Waals surface area contributed by atoms with Crippen molar-refractivity contribution in [1.82, 2.24) is 10.2 Å². The van der Waals surface area contributed by atoms with Gasteiger partial charge in [-0.3, -0.25) is 4.79 Å². The van der Waals surface area contributed by atoms with E-state index >= 15 is 0 Å². The van der Waals surface area contributed by atoms with E-state index < -0.39 is 23.8 Å². The van der Waals surface area contributed by atoms with E-state index in [0.29, 0.717) is 6.42 Å². The topological polar surface area (TPSA) is 58.6 Å². The van der Waals surface area contributed by atoms with Gasteiger partial charge in [0.05, 0.1) is 6.04 Å². The van der Waals surface area contributed by atoms with Crippen molar-refractivity contribution < 1.29 is 27.5 Å². The van der Waals surface area contributed by atoms with Gasteiger partial charge in [-0.25, -0.2) is 4.79 Å². The van der Waals surface area contributed by atoms with Crippen LogP contribution in [0, 0.1) is 0 Å². The normalized spacial score (nSPS) is 16.2. The molecule has 28 heavy (non-hydrogen) atoms. The molecule has 1 atom stereocenters. The van der Waals surface area contributed by atoms with Gasteiger partial charge >= 0.3 is 18.2 Å². The average Bonchev–Trinajstić information content (AvgIpc) is 2.59. The molecule has 0 saturated carbocycles. The van der Waals surface area contributed by atoms with Gasteiger partial charge in [-0.15, -0.1) is 0 Å². The molecule has 1 aliphatic rings. The second-order valence-corrected chi connectivity index (χ2v) is 7.72. The van der Waals surface area contributed by atoms with E-state index in [1.165, 1.54) is 0 Å². The Kier molecular flexibility index (Phi) is 6.41. The summed E-state index contributed by atoms with van der Waals surface area (Å²) in [7, 11) is 0. The Morgan fingerprint density at radius 3 is 2.21 bits per heavy atom. The lowest BCUT2D eigenvalue weighted by Gasteiger charge is -2.27. The van der Waals surface area contributed by atoms with Crippen molar-refractivity contribution >= 4 is 17.6 Å². The van der Waals surface area contributed by atoms with E-state index in [1.807, 2.05) is 31.2 Å². The molecule has 0 aliphatic carbocycles. The summed E-state index contributed by atoms with van der Waals surface area (Å²) in [6, 6.07) is 7.16. The fraction of sp³-hybridized carbons (Fsp3) is 0.500. The van der Waals surface area contributed by atoms with E-state index in [-0.39, 0.29) is 19.1 Å². The zero-order valence-electron chi connectivity index (χ0n) is 16.4. The number of nitrogens with one attached hydrogen (secondary N) is 1. The number of nitrogens with zero attached hydrogens (tertiary/aromatic N) is 1. The fourth-order valence-electron chi connectivity index (χ4n) is 2.85. The molecule has 0 fully saturated rings. The number of carbonyl (C=O) groups excluding carboxylic acids is 2. The number of hydrogen-bond acceptors (Lipinski definition) is 3. The molecule has 1 aromatic rings. The minimum absolute atomic E-state index is 0.0303. The highest BCUT2D eigenvalue weighted by Crippen LogP contribution is 2.27. The highest BCUT2D eigenvalue weighted by atomic mass is 19.4. The van der Waals surface area contributed by atoms with E-state index in [2.05, 4.69) is 5.32 Å². The van der Waals surface area contributed by atoms with Gasteiger partial charge in [-0.2, -0.15) is 13.2 Å². The minimum Gasteiger partial charge on any atom is -0.444 e. The van der Waals surface area contributed by atoms with Crippen molar-refractivity contribution in [2.75, 3.05) is 13.1 Å². The van der Waals surface area contributed by atoms with Crippen molar-refractivity contribution in [2.45, 2.75) is 51.9 Å². The molecule has 0 bridgehead atoms. The number of halogens is 3. The molecule has 0 spiro atoms. The molecule has 0 unspecified atom stereocenters. The Bertz CT molecular complexity index is 749. The standard InChI is InChI=1S/C20H25F3N2O3/c1-13(24-18(27)28-19(2,3)4)14-5-7-15(8-6-14)16-9-11-25(12-10-16)17(26)20(21,22)23/h5-9,13H,10-12H2,1-4H3,(H,24,27)/t13-/m0/s1. The van der Waals surface area contributed by atoms with Crippen LogP contribution in [-0.2, 0) is 9.53 Å². The van der Waals surface area contributed by atoms with Crippen LogP contribution < -0.4 is 5.32 Å². The second-order valence-electron chi connectivity index (χ2n) is 7.72. The first-order chi connectivity index (χ1) is 12.9. The third-order valence-corrected chi connectivity index (χ3v) is 4.25. The van der Waals surface area contributed by atoms with Crippen molar-refractivity contribution in [3.63, 3.8) is 0 Å². The Labute approximate surface area is 162 Å². The number of amides is 2. The van der Waals surface area contributed by atoms with E-state index in [1.54, 1.807) is 26.8 Å². The highest BCUT2D eigenvalue weighted by Gasteiger charge is 2.42. The Balaban J connectivity index is 1.98. The molecule has 2 rings (SSSR count). The van der Waals surface area contributed by atoms with Crippen molar-refractivity contribution in [2.24, 2.45) is 0 Å². The molecule has 0 saturated heterocycles. The highest BCUT2D eigenvalue weighted by molar-refractivity contribution is 5.83. The molecule has 5 nitrogen and oxygen atoms in total. The summed E-state index contributed by atoms with van der Waals surface area (Å²) < 4.78 is 42.7. The predicted octanol–water partition coefficient (Wildman–Crippen LogP) is 4.45. The largest absolute Gasteiger partial charge is 0.471 e. The van der Waals surface area contributed by atoms with Crippen LogP contribution in [0.4, 0.5) is 18.0 Å². The van der Waals surface area contributed by atoms with Crippen LogP contribution in [0.1, 0.15) is 51.3 Å². The third kappa shape index (κ3) is 6.00. The van der Waals surface area contributed by atoms with Crippen molar-refractivity contribution in [3.05, 3.63) is 41.5 Å². The summed E-state index contributed by atoms with van der Waals surface area (Å²) in [4.78, 5) is 23.9. The fourth-order valence-corrected chi connectivity index (χ4v) is 2.85. The Morgan fingerprint density at radius 1 is 1.14 bits per heavy atom. The van der Waals surface area contributed by atoms with Gasteiger partial charge in [-0.1, -0.05) is 30.3 Å². The molecule has 154 valence electrons. The first kappa shape index (κ1) is 21.8. The summed E-state index contributed by atoms with van der Waals surface area (Å²) in [6.07, 6.45) is -3.35. The monoisotopic (exact) mass is 398 g/mol. The van der Waals surface area contributed by atoms with Crippen LogP contribution in [0.3, 0.4) is 0 Å². The van der Waals surface area contributed by atoms with E-state index in [0.717, 1.165) is 21.6 Å². The number of alkyl halides is 3. The summed E-state index contributed by atoms with van der Waals surface area (Å²) in [5.74, 6) is -1.81. The van der Waals surface area contributed by atoms with Crippen LogP contribution >= 0.6 is 0 Å². The van der Waals surface area contributed by atoms with Gasteiger partial charge in [0, 0.05) is 13.1 Å². The molecule has 1 N–H and O–H groups in total. The molecule has 1 aliphatic heterocycles. The lowest BCUT2D eigenvalue weighted by molar-refractivity contribution is -0.185. The zero-order valence-corrected chi connectivity index (χ0v) is 16.4. The van der Waals surface area contributed by atoms with Gasteiger partial charge in [-0.05, 0) is 50.8 Å². The summed E-state index contributed by atoms with van der Waals surface area (Å²) in [5, 5.41) is 2.76. The van der Waals surface area contributed by atoms with Crippen LogP contribution in [0.5, 0.6) is 0 Å². The Hall–Kier alpha value is -2.51. The smallest absolute Gasteiger partial charge is 0.444 e. The lowest BCUT2D eigenvalue weighted by Crippen LogP contribution is -2.43. The summed E-state index contributed by atoms with van der Waals surface area (Å²) >= 11 is 0. The van der Waals surface area contributed by atoms with Gasteiger partial charge in [0.2, 0.25) is 0 Å². The lowest BCUT2D eigenvalue weighted by atomic mass is 9.97. The number of rotatable bonds is 3. The Morgan fingerprint density at radius 2 is 1.75 bits per heavy atom. The van der Waals surface area contributed by atoms with E-state index in [4.69, 9.17) is 4.74 Å². The number of hydrogen-bond donors (Lipinski definition) is 1. The maximum atomic E-state index is 12.5. The maximum absolute atomic E-state index is 12.5. The first-order valence-electron chi connectivity index (χ1n) is 9.02. The second kappa shape index (κ2) is 8.24. The van der Waals surface area contributed by atoms with Crippen LogP contribution in [0.15, 0.2) is 30.3 Å². The zero-order chi connectivity index (χ0) is 21.1.